The van der Waals surface area contributed by atoms with Gasteiger partial charge in [-0.15, -0.1) is 0 Å². The predicted octanol–water partition coefficient (Wildman–Crippen LogP) is 6.00. The molecule has 1 N–H and O–H groups in total. The number of hydrogen-bond acceptors (Lipinski definition) is 5. The Morgan fingerprint density at radius 2 is 1.88 bits per heavy atom. The number of nitrogens with zero attached hydrogens (tertiary/aromatic N) is 2. The van der Waals surface area contributed by atoms with Gasteiger partial charge in [-0.2, -0.15) is 0 Å². The van der Waals surface area contributed by atoms with E-state index in [0.29, 0.717) is 30.0 Å². The van der Waals surface area contributed by atoms with Crippen molar-refractivity contribution >= 4 is 0 Å². The van der Waals surface area contributed by atoms with Crippen molar-refractivity contribution < 1.29 is 14.6 Å². The Kier molecular flexibility index (Phi) is 7.58. The number of aliphatic hydroxyl groups is 1. The summed E-state index contributed by atoms with van der Waals surface area (Å²) in [5.41, 5.74) is 4.54. The number of rotatable bonds is 12. The number of likely N-dealkylation sites (tertiary alicyclic amines) is 1. The zero-order valence-electron chi connectivity index (χ0n) is 25.4. The number of methoxy groups -OCH3 is 1. The lowest BCUT2D eigenvalue weighted by Gasteiger charge is -2.61. The Bertz CT molecular complexity index is 1220. The largest absolute Gasteiger partial charge is 0.493 e. The molecule has 2 heterocycles. The molecule has 5 nitrogen and oxygen atoms in total. The van der Waals surface area contributed by atoms with Gasteiger partial charge in [0.2, 0.25) is 0 Å². The van der Waals surface area contributed by atoms with Crippen LogP contribution in [-0.2, 0) is 18.3 Å². The summed E-state index contributed by atoms with van der Waals surface area (Å²) in [5.74, 6) is 3.08. The molecular weight excluding hydrogens is 508 g/mol. The van der Waals surface area contributed by atoms with Crippen molar-refractivity contribution in [2.45, 2.75) is 114 Å². The Labute approximate surface area is 247 Å². The molecule has 1 saturated heterocycles. The number of unbranched alkanes of at least 4 members (excludes halogenated alkanes) is 3. The van der Waals surface area contributed by atoms with Crippen LogP contribution in [-0.4, -0.2) is 72.0 Å². The van der Waals surface area contributed by atoms with Crippen LogP contribution >= 0.6 is 0 Å². The molecule has 2 saturated carbocycles. The molecule has 3 fully saturated rings. The Balaban J connectivity index is 1.09. The van der Waals surface area contributed by atoms with E-state index in [1.165, 1.54) is 61.6 Å². The number of hydrogen-bond donors (Lipinski definition) is 1. The molecule has 1 spiro atoms. The third-order valence-electron chi connectivity index (χ3n) is 11.5. The van der Waals surface area contributed by atoms with Crippen LogP contribution in [0.4, 0.5) is 0 Å². The van der Waals surface area contributed by atoms with E-state index in [9.17, 15) is 5.11 Å². The maximum Gasteiger partial charge on any atom is 0.165 e. The van der Waals surface area contributed by atoms with Gasteiger partial charge in [0, 0.05) is 41.6 Å². The summed E-state index contributed by atoms with van der Waals surface area (Å²) in [6.07, 6.45) is 12.2. The van der Waals surface area contributed by atoms with Gasteiger partial charge in [-0.05, 0) is 101 Å². The summed E-state index contributed by atoms with van der Waals surface area (Å²) in [6, 6.07) is 16.9. The van der Waals surface area contributed by atoms with Crippen LogP contribution < -0.4 is 9.47 Å². The lowest BCUT2D eigenvalue weighted by Crippen LogP contribution is -2.69. The van der Waals surface area contributed by atoms with E-state index < -0.39 is 0 Å². The second kappa shape index (κ2) is 11.2. The second-order valence-electron chi connectivity index (χ2n) is 14.0. The smallest absolute Gasteiger partial charge is 0.165 e. The minimum absolute atomic E-state index is 0.0751. The normalized spacial score (nSPS) is 33.1. The van der Waals surface area contributed by atoms with Gasteiger partial charge in [0.25, 0.3) is 0 Å². The third kappa shape index (κ3) is 4.80. The van der Waals surface area contributed by atoms with Gasteiger partial charge in [-0.25, -0.2) is 0 Å². The average molecular weight is 559 g/mol. The summed E-state index contributed by atoms with van der Waals surface area (Å²) in [5, 5.41) is 10.1. The van der Waals surface area contributed by atoms with Gasteiger partial charge in [0.05, 0.1) is 13.2 Å². The standard InChI is InChI=1S/C36H50N2O3/c1-24(2)38(19-10-5-4-7-11-25-12-8-6-9-13-25)29-16-15-28-30-21-26-14-17-32(40-3)34-33(26)36(28,35(29)41-34)18-20-37(30)23-27-22-31(27)39/h6,8-9,12-14,17,24,27-31,35,39H,4-5,7,10-11,15-16,18-23H2,1-3H3/t27?,28-,29-,30+,31?,35-,36-/m0/s1. The van der Waals surface area contributed by atoms with Crippen molar-refractivity contribution in [2.24, 2.45) is 11.8 Å². The lowest BCUT2D eigenvalue weighted by atomic mass is 9.51. The molecule has 2 aromatic carbocycles. The quantitative estimate of drug-likeness (QED) is 0.324. The highest BCUT2D eigenvalue weighted by atomic mass is 16.5. The summed E-state index contributed by atoms with van der Waals surface area (Å²) < 4.78 is 13.1. The molecule has 7 atom stereocenters. The highest BCUT2D eigenvalue weighted by molar-refractivity contribution is 5.61. The van der Waals surface area contributed by atoms with E-state index in [-0.39, 0.29) is 17.6 Å². The summed E-state index contributed by atoms with van der Waals surface area (Å²) in [4.78, 5) is 5.57. The molecule has 0 aromatic heterocycles. The minimum atomic E-state index is -0.0751. The molecule has 5 heteroatoms. The third-order valence-corrected chi connectivity index (χ3v) is 11.5. The van der Waals surface area contributed by atoms with Crippen LogP contribution in [0.15, 0.2) is 42.5 Å². The Hall–Kier alpha value is -2.08. The first-order valence-corrected chi connectivity index (χ1v) is 16.6. The van der Waals surface area contributed by atoms with Gasteiger partial charge >= 0.3 is 0 Å². The fourth-order valence-corrected chi connectivity index (χ4v) is 9.47. The zero-order valence-corrected chi connectivity index (χ0v) is 25.4. The highest BCUT2D eigenvalue weighted by Gasteiger charge is 2.66. The van der Waals surface area contributed by atoms with Gasteiger partial charge in [-0.1, -0.05) is 49.2 Å². The van der Waals surface area contributed by atoms with Crippen LogP contribution in [0.2, 0.25) is 0 Å². The molecule has 2 aliphatic heterocycles. The summed E-state index contributed by atoms with van der Waals surface area (Å²) >= 11 is 0. The number of aryl methyl sites for hydroxylation is 1. The van der Waals surface area contributed by atoms with E-state index in [2.05, 4.69) is 66.1 Å². The van der Waals surface area contributed by atoms with Crippen molar-refractivity contribution in [3.05, 3.63) is 59.2 Å². The minimum Gasteiger partial charge on any atom is -0.493 e. The van der Waals surface area contributed by atoms with E-state index in [0.717, 1.165) is 50.4 Å². The molecule has 2 aromatic rings. The van der Waals surface area contributed by atoms with Crippen molar-refractivity contribution in [3.8, 4) is 11.5 Å². The van der Waals surface area contributed by atoms with Crippen LogP contribution in [0.3, 0.4) is 0 Å². The molecule has 0 amide bonds. The van der Waals surface area contributed by atoms with Crippen molar-refractivity contribution in [1.29, 1.82) is 0 Å². The number of aliphatic hydroxyl groups excluding tert-OH is 1. The first kappa shape index (κ1) is 27.7. The second-order valence-corrected chi connectivity index (χ2v) is 14.0. The molecule has 3 aliphatic carbocycles. The van der Waals surface area contributed by atoms with Crippen LogP contribution in [0, 0.1) is 11.8 Å². The first-order valence-electron chi connectivity index (χ1n) is 16.6. The summed E-state index contributed by atoms with van der Waals surface area (Å²) in [7, 11) is 1.80. The maximum atomic E-state index is 10.1. The first-order chi connectivity index (χ1) is 20.0. The fourth-order valence-electron chi connectivity index (χ4n) is 9.47. The molecular formula is C36H50N2O3. The van der Waals surface area contributed by atoms with E-state index >= 15 is 0 Å². The van der Waals surface area contributed by atoms with Crippen molar-refractivity contribution in [3.63, 3.8) is 0 Å². The monoisotopic (exact) mass is 558 g/mol. The number of benzene rings is 2. The van der Waals surface area contributed by atoms with Crippen LogP contribution in [0.5, 0.6) is 11.5 Å². The topological polar surface area (TPSA) is 45.2 Å². The van der Waals surface area contributed by atoms with Gasteiger partial charge in [0.1, 0.15) is 6.10 Å². The predicted molar refractivity (Wildman–Crippen MR) is 164 cm³/mol. The number of piperidine rings is 1. The molecule has 222 valence electrons. The molecule has 7 rings (SSSR count). The van der Waals surface area contributed by atoms with Gasteiger partial charge in [-0.3, -0.25) is 9.80 Å². The molecule has 41 heavy (non-hydrogen) atoms. The molecule has 0 radical (unpaired) electrons. The van der Waals surface area contributed by atoms with E-state index in [4.69, 9.17) is 9.47 Å². The number of ether oxygens (including phenoxy) is 2. The molecule has 2 unspecified atom stereocenters. The zero-order chi connectivity index (χ0) is 28.1. The Morgan fingerprint density at radius 3 is 2.63 bits per heavy atom. The van der Waals surface area contributed by atoms with E-state index in [1.54, 1.807) is 7.11 Å². The highest BCUT2D eigenvalue weighted by Crippen LogP contribution is 2.64. The van der Waals surface area contributed by atoms with Crippen molar-refractivity contribution in [2.75, 3.05) is 26.7 Å². The SMILES string of the molecule is COc1ccc2c3c1O[C@H]1[C@@H](N(CCCCCCc4ccccc4)C(C)C)CC[C@H]4[C@@H](C2)N(CC2CC2O)CC[C@@]341. The fraction of sp³-hybridized carbons (Fsp3) is 0.667. The maximum absolute atomic E-state index is 10.1. The van der Waals surface area contributed by atoms with Crippen molar-refractivity contribution in [1.82, 2.24) is 9.80 Å². The van der Waals surface area contributed by atoms with Gasteiger partial charge in [0.15, 0.2) is 11.5 Å². The summed E-state index contributed by atoms with van der Waals surface area (Å²) in [6.45, 7) is 8.12. The molecule has 5 aliphatic rings. The average Bonchev–Trinajstić information content (AvgIpc) is 3.56. The Morgan fingerprint density at radius 1 is 1.07 bits per heavy atom. The molecule has 2 bridgehead atoms. The van der Waals surface area contributed by atoms with E-state index in [1.807, 2.05) is 0 Å². The lowest BCUT2D eigenvalue weighted by molar-refractivity contribution is -0.0947. The van der Waals surface area contributed by atoms with Crippen LogP contribution in [0.1, 0.15) is 81.9 Å². The van der Waals surface area contributed by atoms with Crippen LogP contribution in [0.25, 0.3) is 0 Å². The van der Waals surface area contributed by atoms with Gasteiger partial charge < -0.3 is 14.6 Å².